The zero-order valence-corrected chi connectivity index (χ0v) is 23.5. The van der Waals surface area contributed by atoms with E-state index in [-0.39, 0.29) is 5.82 Å². The van der Waals surface area contributed by atoms with Crippen LogP contribution in [0, 0.1) is 5.82 Å². The van der Waals surface area contributed by atoms with Crippen LogP contribution in [0.4, 0.5) is 27.7 Å². The molecule has 0 spiro atoms. The van der Waals surface area contributed by atoms with E-state index in [4.69, 9.17) is 22.2 Å². The Morgan fingerprint density at radius 1 is 0.923 bits per heavy atom. The molecule has 0 aliphatic carbocycles. The van der Waals surface area contributed by atoms with Crippen LogP contribution >= 0.6 is 12.2 Å². The summed E-state index contributed by atoms with van der Waals surface area (Å²) < 4.78 is 13.1. The number of piperidine rings is 1. The van der Waals surface area contributed by atoms with Crippen LogP contribution in [0.15, 0.2) is 60.7 Å². The van der Waals surface area contributed by atoms with E-state index in [1.54, 1.807) is 0 Å². The molecule has 7 nitrogen and oxygen atoms in total. The van der Waals surface area contributed by atoms with Crippen molar-refractivity contribution >= 4 is 40.6 Å². The molecular formula is C30H38FN7S. The molecule has 2 aromatic carbocycles. The average Bonchev–Trinajstić information content (AvgIpc) is 2.97. The highest BCUT2D eigenvalue weighted by molar-refractivity contribution is 7.80. The van der Waals surface area contributed by atoms with E-state index >= 15 is 0 Å². The van der Waals surface area contributed by atoms with Gasteiger partial charge in [0.05, 0.1) is 0 Å². The Bertz CT molecular complexity index is 1220. The topological polar surface area (TPSA) is 59.6 Å². The van der Waals surface area contributed by atoms with Crippen LogP contribution in [-0.2, 0) is 6.42 Å². The highest BCUT2D eigenvalue weighted by Crippen LogP contribution is 2.28. The fourth-order valence-corrected chi connectivity index (χ4v) is 5.54. The number of benzene rings is 2. The number of nitrogens with one attached hydrogen (secondary N) is 2. The molecule has 2 aliphatic rings. The second kappa shape index (κ2) is 13.1. The average molecular weight is 548 g/mol. The number of rotatable bonds is 8. The van der Waals surface area contributed by atoms with Crippen LogP contribution in [0.3, 0.4) is 0 Å². The molecule has 2 fully saturated rings. The molecule has 3 heterocycles. The molecule has 2 aliphatic heterocycles. The van der Waals surface area contributed by atoms with Crippen molar-refractivity contribution < 1.29 is 4.39 Å². The van der Waals surface area contributed by atoms with Crippen molar-refractivity contribution in [1.29, 1.82) is 0 Å². The van der Waals surface area contributed by atoms with Gasteiger partial charge in [0.2, 0.25) is 5.95 Å². The van der Waals surface area contributed by atoms with Crippen LogP contribution in [0.2, 0.25) is 0 Å². The SMILES string of the molecule is C[C@H]1CCCCN1c1cc(N2CCN(c3ccccc3)CC2)nc(NC(=S)NCCCc2ccc(F)cc2)n1. The fourth-order valence-electron chi connectivity index (χ4n) is 5.35. The first-order valence-electron chi connectivity index (χ1n) is 14.0. The fraction of sp³-hybridized carbons (Fsp3) is 0.433. The summed E-state index contributed by atoms with van der Waals surface area (Å²) in [5, 5.41) is 7.03. The quantitative estimate of drug-likeness (QED) is 0.293. The van der Waals surface area contributed by atoms with Gasteiger partial charge in [0.1, 0.15) is 17.5 Å². The molecule has 2 saturated heterocycles. The molecule has 0 saturated carbocycles. The Labute approximate surface area is 236 Å². The van der Waals surface area contributed by atoms with Crippen LogP contribution in [0.5, 0.6) is 0 Å². The number of halogens is 1. The van der Waals surface area contributed by atoms with Gasteiger partial charge in [-0.1, -0.05) is 30.3 Å². The summed E-state index contributed by atoms with van der Waals surface area (Å²) in [7, 11) is 0. The van der Waals surface area contributed by atoms with E-state index in [0.717, 1.165) is 62.8 Å². The molecule has 0 amide bonds. The molecule has 206 valence electrons. The smallest absolute Gasteiger partial charge is 0.232 e. The summed E-state index contributed by atoms with van der Waals surface area (Å²) in [5.74, 6) is 2.22. The van der Waals surface area contributed by atoms with E-state index in [2.05, 4.69) is 68.7 Å². The van der Waals surface area contributed by atoms with E-state index < -0.39 is 0 Å². The molecule has 1 atom stereocenters. The number of aromatic nitrogens is 2. The number of aryl methyl sites for hydroxylation is 1. The second-order valence-electron chi connectivity index (χ2n) is 10.4. The van der Waals surface area contributed by atoms with Crippen molar-refractivity contribution in [1.82, 2.24) is 15.3 Å². The minimum Gasteiger partial charge on any atom is -0.368 e. The largest absolute Gasteiger partial charge is 0.368 e. The zero-order chi connectivity index (χ0) is 27.0. The van der Waals surface area contributed by atoms with Crippen LogP contribution in [0.25, 0.3) is 0 Å². The van der Waals surface area contributed by atoms with Gasteiger partial charge in [0.25, 0.3) is 0 Å². The standard InChI is InChI=1S/C30H38FN7S/c1-23-8-5-6-17-38(23)28-22-27(37-20-18-36(19-21-37)26-10-3-2-4-11-26)33-29(34-28)35-30(39)32-16-7-9-24-12-14-25(31)15-13-24/h2-4,10-15,22-23H,5-9,16-21H2,1H3,(H2,32,33,34,35,39)/t23-/m0/s1. The number of hydrogen-bond donors (Lipinski definition) is 2. The minimum absolute atomic E-state index is 0.208. The lowest BCUT2D eigenvalue weighted by molar-refractivity contribution is 0.481. The molecule has 0 radical (unpaired) electrons. The minimum atomic E-state index is -0.208. The van der Waals surface area contributed by atoms with Crippen LogP contribution in [0.1, 0.15) is 38.2 Å². The Hall–Kier alpha value is -3.46. The van der Waals surface area contributed by atoms with Gasteiger partial charge in [0, 0.05) is 57.1 Å². The summed E-state index contributed by atoms with van der Waals surface area (Å²) in [6.07, 6.45) is 5.35. The van der Waals surface area contributed by atoms with Gasteiger partial charge < -0.3 is 25.3 Å². The van der Waals surface area contributed by atoms with E-state index in [1.165, 1.54) is 37.1 Å². The number of thiocarbonyl (C=S) groups is 1. The maximum absolute atomic E-state index is 13.1. The highest BCUT2D eigenvalue weighted by atomic mass is 32.1. The number of anilines is 4. The second-order valence-corrected chi connectivity index (χ2v) is 10.8. The van der Waals surface area contributed by atoms with Crippen LogP contribution in [-0.4, -0.2) is 60.4 Å². The molecule has 0 unspecified atom stereocenters. The first-order valence-corrected chi connectivity index (χ1v) is 14.5. The first kappa shape index (κ1) is 27.1. The molecule has 2 N–H and O–H groups in total. The monoisotopic (exact) mass is 547 g/mol. The van der Waals surface area contributed by atoms with Crippen molar-refractivity contribution in [3.05, 3.63) is 72.0 Å². The molecular weight excluding hydrogens is 509 g/mol. The lowest BCUT2D eigenvalue weighted by Crippen LogP contribution is -2.47. The predicted octanol–water partition coefficient (Wildman–Crippen LogP) is 5.24. The highest BCUT2D eigenvalue weighted by Gasteiger charge is 2.24. The van der Waals surface area contributed by atoms with E-state index in [0.29, 0.717) is 23.6 Å². The number of para-hydroxylation sites is 1. The summed E-state index contributed by atoms with van der Waals surface area (Å²) in [6.45, 7) is 7.67. The number of piperazine rings is 1. The third kappa shape index (κ3) is 7.35. The molecule has 0 bridgehead atoms. The van der Waals surface area contributed by atoms with Gasteiger partial charge in [-0.15, -0.1) is 0 Å². The van der Waals surface area contributed by atoms with Crippen molar-refractivity contribution in [3.8, 4) is 0 Å². The van der Waals surface area contributed by atoms with E-state index in [1.807, 2.05) is 12.1 Å². The van der Waals surface area contributed by atoms with Crippen molar-refractivity contribution in [2.45, 2.75) is 45.1 Å². The van der Waals surface area contributed by atoms with Gasteiger partial charge in [-0.05, 0) is 81.1 Å². The first-order chi connectivity index (χ1) is 19.0. The molecule has 1 aromatic heterocycles. The summed E-state index contributed by atoms with van der Waals surface area (Å²) in [4.78, 5) is 17.0. The van der Waals surface area contributed by atoms with Gasteiger partial charge in [0.15, 0.2) is 5.11 Å². The van der Waals surface area contributed by atoms with Gasteiger partial charge >= 0.3 is 0 Å². The summed E-state index contributed by atoms with van der Waals surface area (Å²) in [6, 6.07) is 19.8. The van der Waals surface area contributed by atoms with Gasteiger partial charge in [-0.3, -0.25) is 0 Å². The molecule has 39 heavy (non-hydrogen) atoms. The summed E-state index contributed by atoms with van der Waals surface area (Å²) in [5.41, 5.74) is 2.38. The predicted molar refractivity (Wildman–Crippen MR) is 163 cm³/mol. The van der Waals surface area contributed by atoms with Crippen molar-refractivity contribution in [3.63, 3.8) is 0 Å². The van der Waals surface area contributed by atoms with Gasteiger partial charge in [-0.2, -0.15) is 9.97 Å². The normalized spacial score (nSPS) is 17.7. The van der Waals surface area contributed by atoms with Crippen molar-refractivity contribution in [2.75, 3.05) is 59.3 Å². The third-order valence-corrected chi connectivity index (χ3v) is 7.83. The Morgan fingerprint density at radius 3 is 2.38 bits per heavy atom. The number of hydrogen-bond acceptors (Lipinski definition) is 6. The molecule has 5 rings (SSSR count). The van der Waals surface area contributed by atoms with Gasteiger partial charge in [-0.25, -0.2) is 4.39 Å². The van der Waals surface area contributed by atoms with E-state index in [9.17, 15) is 4.39 Å². The Morgan fingerprint density at radius 2 is 1.64 bits per heavy atom. The van der Waals surface area contributed by atoms with Crippen LogP contribution < -0.4 is 25.3 Å². The third-order valence-electron chi connectivity index (χ3n) is 7.59. The maximum atomic E-state index is 13.1. The lowest BCUT2D eigenvalue weighted by atomic mass is 10.0. The Balaban J connectivity index is 1.23. The number of nitrogens with zero attached hydrogens (tertiary/aromatic N) is 5. The molecule has 9 heteroatoms. The summed E-state index contributed by atoms with van der Waals surface area (Å²) >= 11 is 5.59. The maximum Gasteiger partial charge on any atom is 0.232 e. The lowest BCUT2D eigenvalue weighted by Gasteiger charge is -2.38. The molecule has 3 aromatic rings. The zero-order valence-electron chi connectivity index (χ0n) is 22.7. The van der Waals surface area contributed by atoms with Crippen molar-refractivity contribution in [2.24, 2.45) is 0 Å². The Kier molecular flexibility index (Phi) is 9.08.